The first-order chi connectivity index (χ1) is 14.5. The van der Waals surface area contributed by atoms with Crippen LogP contribution in [-0.2, 0) is 14.3 Å². The van der Waals surface area contributed by atoms with Crippen molar-refractivity contribution in [3.05, 3.63) is 59.2 Å². The molecule has 0 saturated carbocycles. The molecule has 7 nitrogen and oxygen atoms in total. The summed E-state index contributed by atoms with van der Waals surface area (Å²) in [6, 6.07) is 5.88. The fraction of sp³-hybridized carbons (Fsp3) is 0.158. The Bertz CT molecular complexity index is 1060. The third-order valence-electron chi connectivity index (χ3n) is 4.14. The molecule has 2 aromatic carbocycles. The van der Waals surface area contributed by atoms with Gasteiger partial charge >= 0.3 is 12.3 Å². The minimum atomic E-state index is -4.96. The van der Waals surface area contributed by atoms with Crippen molar-refractivity contribution in [1.29, 1.82) is 0 Å². The quantitative estimate of drug-likeness (QED) is 0.611. The van der Waals surface area contributed by atoms with E-state index in [1.807, 2.05) is 5.32 Å². The summed E-state index contributed by atoms with van der Waals surface area (Å²) in [6.45, 7) is -0.584. The Hall–Kier alpha value is -3.51. The van der Waals surface area contributed by atoms with E-state index >= 15 is 0 Å². The van der Waals surface area contributed by atoms with Crippen LogP contribution in [0.3, 0.4) is 0 Å². The lowest BCUT2D eigenvalue weighted by atomic mass is 10.0. The van der Waals surface area contributed by atoms with Crippen molar-refractivity contribution < 1.29 is 51.2 Å². The summed E-state index contributed by atoms with van der Waals surface area (Å²) in [5, 5.41) is 20.5. The number of halogens is 5. The minimum Gasteiger partial charge on any atom is -0.478 e. The molecule has 1 aliphatic heterocycles. The van der Waals surface area contributed by atoms with Gasteiger partial charge in [0.1, 0.15) is 23.1 Å². The van der Waals surface area contributed by atoms with Crippen molar-refractivity contribution in [3.8, 4) is 16.9 Å². The van der Waals surface area contributed by atoms with Crippen LogP contribution in [-0.4, -0.2) is 41.3 Å². The van der Waals surface area contributed by atoms with Gasteiger partial charge in [0.25, 0.3) is 5.91 Å². The van der Waals surface area contributed by atoms with Gasteiger partial charge < -0.3 is 25.0 Å². The molecule has 0 aromatic heterocycles. The molecule has 1 unspecified atom stereocenters. The SMILES string of the molecule is O=C(O)C1=C(C(=O)Nc2c(F)cc(-c3cccc(OC(F)(F)F)c3)cc2F)C(O)OC1. The number of benzene rings is 2. The molecule has 31 heavy (non-hydrogen) atoms. The van der Waals surface area contributed by atoms with Gasteiger partial charge in [-0.25, -0.2) is 13.6 Å². The van der Waals surface area contributed by atoms with Crippen LogP contribution in [0, 0.1) is 11.6 Å². The summed E-state index contributed by atoms with van der Waals surface area (Å²) in [7, 11) is 0. The zero-order chi connectivity index (χ0) is 22.9. The van der Waals surface area contributed by atoms with E-state index < -0.39 is 65.4 Å². The first kappa shape index (κ1) is 22.2. The standard InChI is InChI=1S/C19H12F5NO6/c20-12-5-9(8-2-1-3-10(4-8)31-19(22,23)24)6-13(21)15(12)25-16(26)14-11(17(27)28)7-30-18(14)29/h1-6,18,29H,7H2,(H,25,26)(H,27,28). The van der Waals surface area contributed by atoms with Crippen molar-refractivity contribution >= 4 is 17.6 Å². The van der Waals surface area contributed by atoms with Gasteiger partial charge in [-0.1, -0.05) is 12.1 Å². The van der Waals surface area contributed by atoms with Crippen LogP contribution in [0.4, 0.5) is 27.6 Å². The summed E-state index contributed by atoms with van der Waals surface area (Å²) in [5.41, 5.74) is -2.41. The van der Waals surface area contributed by atoms with Crippen LogP contribution in [0.2, 0.25) is 0 Å². The number of hydrogen-bond acceptors (Lipinski definition) is 5. The van der Waals surface area contributed by atoms with Crippen molar-refractivity contribution in [1.82, 2.24) is 0 Å². The van der Waals surface area contributed by atoms with Gasteiger partial charge in [-0.2, -0.15) is 0 Å². The maximum atomic E-state index is 14.5. The van der Waals surface area contributed by atoms with Gasteiger partial charge in [-0.05, 0) is 35.4 Å². The zero-order valence-electron chi connectivity index (χ0n) is 15.2. The number of nitrogens with one attached hydrogen (secondary N) is 1. The number of ether oxygens (including phenoxy) is 2. The molecule has 0 spiro atoms. The van der Waals surface area contributed by atoms with Crippen LogP contribution in [0.1, 0.15) is 0 Å². The lowest BCUT2D eigenvalue weighted by Crippen LogP contribution is -2.24. The van der Waals surface area contributed by atoms with Gasteiger partial charge in [0.2, 0.25) is 0 Å². The molecule has 0 saturated heterocycles. The van der Waals surface area contributed by atoms with Crippen LogP contribution in [0.15, 0.2) is 47.5 Å². The minimum absolute atomic E-state index is 0.00656. The molecule has 3 rings (SSSR count). The van der Waals surface area contributed by atoms with Crippen LogP contribution >= 0.6 is 0 Å². The van der Waals surface area contributed by atoms with Crippen molar-refractivity contribution in [2.24, 2.45) is 0 Å². The number of hydrogen-bond donors (Lipinski definition) is 3. The second-order valence-electron chi connectivity index (χ2n) is 6.21. The van der Waals surface area contributed by atoms with Gasteiger partial charge in [0.15, 0.2) is 6.29 Å². The summed E-state index contributed by atoms with van der Waals surface area (Å²) in [6.07, 6.45) is -6.85. The number of alkyl halides is 3. The molecule has 0 radical (unpaired) electrons. The maximum absolute atomic E-state index is 14.5. The fourth-order valence-corrected chi connectivity index (χ4v) is 2.81. The first-order valence-electron chi connectivity index (χ1n) is 8.39. The third kappa shape index (κ3) is 4.98. The number of amides is 1. The Morgan fingerprint density at radius 3 is 2.32 bits per heavy atom. The predicted octanol–water partition coefficient (Wildman–Crippen LogP) is 3.20. The number of aliphatic hydroxyl groups is 1. The molecule has 1 amide bonds. The molecule has 12 heteroatoms. The van der Waals surface area contributed by atoms with Crippen LogP contribution in [0.5, 0.6) is 5.75 Å². The first-order valence-corrected chi connectivity index (χ1v) is 8.39. The third-order valence-corrected chi connectivity index (χ3v) is 4.14. The van der Waals surface area contributed by atoms with E-state index in [1.165, 1.54) is 12.1 Å². The Balaban J connectivity index is 1.90. The van der Waals surface area contributed by atoms with Crippen LogP contribution < -0.4 is 10.1 Å². The van der Waals surface area contributed by atoms with E-state index in [0.29, 0.717) is 0 Å². The topological polar surface area (TPSA) is 105 Å². The number of carbonyl (C=O) groups is 2. The number of aliphatic carboxylic acids is 1. The lowest BCUT2D eigenvalue weighted by Gasteiger charge is -2.13. The van der Waals surface area contributed by atoms with E-state index in [2.05, 4.69) is 9.47 Å². The van der Waals surface area contributed by atoms with Gasteiger partial charge in [-0.15, -0.1) is 13.2 Å². The van der Waals surface area contributed by atoms with E-state index in [4.69, 9.17) is 5.11 Å². The average molecular weight is 445 g/mol. The number of anilines is 1. The monoisotopic (exact) mass is 445 g/mol. The highest BCUT2D eigenvalue weighted by Gasteiger charge is 2.34. The zero-order valence-corrected chi connectivity index (χ0v) is 15.2. The summed E-state index contributed by atoms with van der Waals surface area (Å²) >= 11 is 0. The van der Waals surface area contributed by atoms with E-state index in [9.17, 15) is 36.6 Å². The maximum Gasteiger partial charge on any atom is 0.573 e. The van der Waals surface area contributed by atoms with Gasteiger partial charge in [0.05, 0.1) is 17.8 Å². The highest BCUT2D eigenvalue weighted by atomic mass is 19.4. The molecule has 1 heterocycles. The average Bonchev–Trinajstić information content (AvgIpc) is 3.05. The smallest absolute Gasteiger partial charge is 0.478 e. The number of aliphatic hydroxyl groups excluding tert-OH is 1. The van der Waals surface area contributed by atoms with Gasteiger partial charge in [-0.3, -0.25) is 4.79 Å². The molecule has 2 aromatic rings. The normalized spacial score (nSPS) is 16.4. The molecular formula is C19H12F5NO6. The highest BCUT2D eigenvalue weighted by Crippen LogP contribution is 2.32. The molecule has 0 bridgehead atoms. The number of carboxylic acids is 1. The fourth-order valence-electron chi connectivity index (χ4n) is 2.81. The van der Waals surface area contributed by atoms with Crippen LogP contribution in [0.25, 0.3) is 11.1 Å². The predicted molar refractivity (Wildman–Crippen MR) is 93.7 cm³/mol. The summed E-state index contributed by atoms with van der Waals surface area (Å²) < 4.78 is 74.4. The second kappa shape index (κ2) is 8.32. The molecule has 0 fully saturated rings. The number of carboxylic acid groups (broad SMARTS) is 1. The molecule has 3 N–H and O–H groups in total. The van der Waals surface area contributed by atoms with E-state index in [1.54, 1.807) is 0 Å². The lowest BCUT2D eigenvalue weighted by molar-refractivity contribution is -0.274. The van der Waals surface area contributed by atoms with Crippen molar-refractivity contribution in [2.75, 3.05) is 11.9 Å². The molecular weight excluding hydrogens is 433 g/mol. The summed E-state index contributed by atoms with van der Waals surface area (Å²) in [5.74, 6) is -6.05. The molecule has 164 valence electrons. The Kier molecular flexibility index (Phi) is 5.95. The molecule has 1 aliphatic rings. The molecule has 0 aliphatic carbocycles. The Morgan fingerprint density at radius 1 is 1.10 bits per heavy atom. The number of rotatable bonds is 5. The number of carbonyl (C=O) groups excluding carboxylic acids is 1. The van der Waals surface area contributed by atoms with Gasteiger partial charge in [0, 0.05) is 0 Å². The summed E-state index contributed by atoms with van der Waals surface area (Å²) in [4.78, 5) is 23.4. The second-order valence-corrected chi connectivity index (χ2v) is 6.21. The largest absolute Gasteiger partial charge is 0.573 e. The van der Waals surface area contributed by atoms with Crippen molar-refractivity contribution in [2.45, 2.75) is 12.7 Å². The van der Waals surface area contributed by atoms with E-state index in [0.717, 1.165) is 24.3 Å². The Labute approximate surface area is 170 Å². The molecule has 1 atom stereocenters. The Morgan fingerprint density at radius 2 is 1.74 bits per heavy atom. The van der Waals surface area contributed by atoms with Crippen molar-refractivity contribution in [3.63, 3.8) is 0 Å². The van der Waals surface area contributed by atoms with E-state index in [-0.39, 0.29) is 11.1 Å². The highest BCUT2D eigenvalue weighted by molar-refractivity contribution is 6.10.